The van der Waals surface area contributed by atoms with E-state index >= 15 is 0 Å². The molecular formula is C40H38O2. The van der Waals surface area contributed by atoms with Gasteiger partial charge < -0.3 is 9.47 Å². The van der Waals surface area contributed by atoms with Gasteiger partial charge in [0.2, 0.25) is 0 Å². The van der Waals surface area contributed by atoms with E-state index in [0.717, 1.165) is 28.0 Å². The fraction of sp³-hybridized carbons (Fsp3) is 0.250. The summed E-state index contributed by atoms with van der Waals surface area (Å²) >= 11 is 0. The van der Waals surface area contributed by atoms with Crippen LogP contribution in [-0.2, 0) is 16.4 Å². The maximum atomic E-state index is 7.42. The Hall–Kier alpha value is -4.30. The molecule has 1 heterocycles. The van der Waals surface area contributed by atoms with Gasteiger partial charge in [0, 0.05) is 27.5 Å². The molecule has 0 amide bonds. The van der Waals surface area contributed by atoms with Crippen molar-refractivity contribution in [1.29, 1.82) is 0 Å². The van der Waals surface area contributed by atoms with E-state index in [4.69, 9.17) is 9.47 Å². The van der Waals surface area contributed by atoms with Crippen LogP contribution in [-0.4, -0.2) is 7.11 Å². The number of aryl methyl sites for hydroxylation is 1. The van der Waals surface area contributed by atoms with Gasteiger partial charge in [-0.3, -0.25) is 0 Å². The van der Waals surface area contributed by atoms with Crippen molar-refractivity contribution < 1.29 is 9.47 Å². The number of hydrogen-bond acceptors (Lipinski definition) is 2. The molecule has 0 saturated carbocycles. The van der Waals surface area contributed by atoms with E-state index in [0.29, 0.717) is 0 Å². The molecule has 2 heteroatoms. The van der Waals surface area contributed by atoms with Crippen LogP contribution in [0.1, 0.15) is 73.6 Å². The molecule has 0 spiro atoms. The smallest absolute Gasteiger partial charge is 0.178 e. The zero-order valence-corrected chi connectivity index (χ0v) is 25.6. The molecule has 7 rings (SSSR count). The average molecular weight is 551 g/mol. The highest BCUT2D eigenvalue weighted by Crippen LogP contribution is 2.58. The second-order valence-electron chi connectivity index (χ2n) is 13.4. The fourth-order valence-electron chi connectivity index (χ4n) is 7.08. The molecule has 1 unspecified atom stereocenters. The Bertz CT molecular complexity index is 1880. The zero-order chi connectivity index (χ0) is 29.4. The van der Waals surface area contributed by atoms with Gasteiger partial charge in [0.05, 0.1) is 7.11 Å². The van der Waals surface area contributed by atoms with Crippen molar-refractivity contribution in [2.24, 2.45) is 0 Å². The van der Waals surface area contributed by atoms with Crippen LogP contribution in [0.15, 0.2) is 97.1 Å². The first-order valence-corrected chi connectivity index (χ1v) is 14.9. The summed E-state index contributed by atoms with van der Waals surface area (Å²) in [6.07, 6.45) is 4.59. The minimum Gasteiger partial charge on any atom is -0.497 e. The highest BCUT2D eigenvalue weighted by molar-refractivity contribution is 6.08. The zero-order valence-electron chi connectivity index (χ0n) is 25.6. The Morgan fingerprint density at radius 3 is 2.05 bits per heavy atom. The van der Waals surface area contributed by atoms with Crippen molar-refractivity contribution in [3.8, 4) is 22.6 Å². The van der Waals surface area contributed by atoms with Crippen molar-refractivity contribution in [2.45, 2.75) is 58.0 Å². The highest BCUT2D eigenvalue weighted by Gasteiger charge is 2.44. The lowest BCUT2D eigenvalue weighted by Gasteiger charge is -2.38. The lowest BCUT2D eigenvalue weighted by atomic mass is 9.76. The van der Waals surface area contributed by atoms with E-state index in [1.165, 1.54) is 44.3 Å². The predicted molar refractivity (Wildman–Crippen MR) is 175 cm³/mol. The Balaban J connectivity index is 1.51. The normalized spacial score (nSPS) is 18.3. The summed E-state index contributed by atoms with van der Waals surface area (Å²) < 4.78 is 12.9. The van der Waals surface area contributed by atoms with E-state index < -0.39 is 5.60 Å². The van der Waals surface area contributed by atoms with Crippen molar-refractivity contribution in [3.05, 3.63) is 136 Å². The molecule has 2 aliphatic rings. The summed E-state index contributed by atoms with van der Waals surface area (Å²) in [4.78, 5) is 0. The molecule has 5 aromatic rings. The summed E-state index contributed by atoms with van der Waals surface area (Å²) in [5.74, 6) is 1.77. The summed E-state index contributed by atoms with van der Waals surface area (Å²) in [5.41, 5.74) is 10.4. The van der Waals surface area contributed by atoms with Gasteiger partial charge in [0.25, 0.3) is 0 Å². The maximum Gasteiger partial charge on any atom is 0.178 e. The summed E-state index contributed by atoms with van der Waals surface area (Å²) in [5, 5.41) is 2.38. The number of ether oxygens (including phenoxy) is 2. The topological polar surface area (TPSA) is 18.5 Å². The summed E-state index contributed by atoms with van der Waals surface area (Å²) in [6.45, 7) is 13.7. The molecule has 0 radical (unpaired) electrons. The van der Waals surface area contributed by atoms with Gasteiger partial charge in [-0.1, -0.05) is 125 Å². The van der Waals surface area contributed by atoms with Gasteiger partial charge in [-0.05, 0) is 63.8 Å². The molecule has 2 nitrogen and oxygen atoms in total. The van der Waals surface area contributed by atoms with Crippen LogP contribution in [0.3, 0.4) is 0 Å². The minimum atomic E-state index is -0.793. The van der Waals surface area contributed by atoms with Gasteiger partial charge in [-0.25, -0.2) is 0 Å². The van der Waals surface area contributed by atoms with Crippen LogP contribution >= 0.6 is 0 Å². The summed E-state index contributed by atoms with van der Waals surface area (Å²) in [7, 11) is 1.71. The van der Waals surface area contributed by atoms with E-state index in [2.05, 4.69) is 133 Å². The third-order valence-electron chi connectivity index (χ3n) is 9.39. The Kier molecular flexibility index (Phi) is 5.76. The largest absolute Gasteiger partial charge is 0.497 e. The van der Waals surface area contributed by atoms with Crippen LogP contribution in [0.5, 0.6) is 11.5 Å². The molecule has 0 bridgehead atoms. The van der Waals surface area contributed by atoms with Gasteiger partial charge in [-0.2, -0.15) is 0 Å². The summed E-state index contributed by atoms with van der Waals surface area (Å²) in [6, 6.07) is 32.9. The second kappa shape index (κ2) is 9.10. The molecule has 0 aromatic heterocycles. The first-order valence-electron chi connectivity index (χ1n) is 14.9. The number of benzene rings is 5. The lowest BCUT2D eigenvalue weighted by Crippen LogP contribution is -2.35. The fourth-order valence-corrected chi connectivity index (χ4v) is 7.08. The Labute approximate surface area is 249 Å². The van der Waals surface area contributed by atoms with Crippen molar-refractivity contribution >= 4 is 16.8 Å². The monoisotopic (exact) mass is 550 g/mol. The molecule has 0 fully saturated rings. The first-order chi connectivity index (χ1) is 20.0. The standard InChI is InChI=1S/C40H38O2/c1-25-12-21-32-34(24-25)39(5,6)36-33-22-23-40(28-17-19-29(41-7)20-18-28,27-15-13-26(14-16-27)38(2,3)4)42-37(33)31-11-9-8-10-30(31)35(32)36/h8-24H,1-7H3. The third-order valence-corrected chi connectivity index (χ3v) is 9.39. The lowest BCUT2D eigenvalue weighted by molar-refractivity contribution is 0.163. The molecule has 5 aromatic carbocycles. The number of hydrogen-bond donors (Lipinski definition) is 0. The molecule has 210 valence electrons. The van der Waals surface area contributed by atoms with Crippen molar-refractivity contribution in [1.82, 2.24) is 0 Å². The van der Waals surface area contributed by atoms with Crippen molar-refractivity contribution in [2.75, 3.05) is 7.11 Å². The molecular weight excluding hydrogens is 512 g/mol. The third kappa shape index (κ3) is 3.78. The molecule has 1 aliphatic heterocycles. The van der Waals surface area contributed by atoms with E-state index in [1.54, 1.807) is 7.11 Å². The maximum absolute atomic E-state index is 7.42. The van der Waals surface area contributed by atoms with Crippen LogP contribution in [0.25, 0.3) is 28.0 Å². The van der Waals surface area contributed by atoms with Crippen LogP contribution in [0.2, 0.25) is 0 Å². The van der Waals surface area contributed by atoms with Gasteiger partial charge >= 0.3 is 0 Å². The van der Waals surface area contributed by atoms with Gasteiger partial charge in [0.15, 0.2) is 5.60 Å². The Morgan fingerprint density at radius 1 is 0.762 bits per heavy atom. The number of fused-ring (bicyclic) bond motifs is 8. The highest BCUT2D eigenvalue weighted by atomic mass is 16.5. The van der Waals surface area contributed by atoms with Crippen molar-refractivity contribution in [3.63, 3.8) is 0 Å². The molecule has 1 aliphatic carbocycles. The van der Waals surface area contributed by atoms with E-state index in [9.17, 15) is 0 Å². The van der Waals surface area contributed by atoms with Crippen LogP contribution < -0.4 is 9.47 Å². The van der Waals surface area contributed by atoms with E-state index in [1.807, 2.05) is 12.1 Å². The molecule has 0 N–H and O–H groups in total. The predicted octanol–water partition coefficient (Wildman–Crippen LogP) is 10.1. The number of methoxy groups -OCH3 is 1. The number of rotatable bonds is 3. The van der Waals surface area contributed by atoms with E-state index in [-0.39, 0.29) is 10.8 Å². The van der Waals surface area contributed by atoms with Gasteiger partial charge in [-0.15, -0.1) is 0 Å². The Morgan fingerprint density at radius 2 is 1.40 bits per heavy atom. The van der Waals surface area contributed by atoms with Crippen LogP contribution in [0.4, 0.5) is 0 Å². The average Bonchev–Trinajstić information content (AvgIpc) is 3.23. The molecule has 1 atom stereocenters. The van der Waals surface area contributed by atoms with Gasteiger partial charge in [0.1, 0.15) is 11.5 Å². The second-order valence-corrected chi connectivity index (χ2v) is 13.4. The first kappa shape index (κ1) is 26.6. The molecule has 0 saturated heterocycles. The quantitative estimate of drug-likeness (QED) is 0.222. The SMILES string of the molecule is COc1ccc(C2(c3ccc(C(C)(C)C)cc3)C=Cc3c4c(c5ccccc5c3O2)-c2ccc(C)cc2C4(C)C)cc1. The molecule has 42 heavy (non-hydrogen) atoms. The van der Waals surface area contributed by atoms with Crippen LogP contribution in [0, 0.1) is 6.92 Å². The minimum absolute atomic E-state index is 0.0668.